The number of fused-ring (bicyclic) bond motifs is 9. The number of para-hydroxylation sites is 1. The molecule has 0 spiro atoms. The fraction of sp³-hybridized carbons (Fsp3) is 0.276. The lowest BCUT2D eigenvalue weighted by molar-refractivity contribution is 0.420. The molecule has 2 nitrogen and oxygen atoms in total. The molecule has 3 unspecified atom stereocenters. The summed E-state index contributed by atoms with van der Waals surface area (Å²) in [4.78, 5) is 2.53. The summed E-state index contributed by atoms with van der Waals surface area (Å²) < 4.78 is 2.48. The van der Waals surface area contributed by atoms with Crippen LogP contribution in [0.25, 0.3) is 49.7 Å². The van der Waals surface area contributed by atoms with Crippen LogP contribution in [0.3, 0.4) is 0 Å². The molecule has 4 aliphatic carbocycles. The number of aromatic nitrogens is 1. The Morgan fingerprint density at radius 1 is 0.533 bits per heavy atom. The van der Waals surface area contributed by atoms with E-state index in [4.69, 9.17) is 0 Å². The first-order valence-electron chi connectivity index (χ1n) is 22.9. The Morgan fingerprint density at radius 3 is 1.90 bits per heavy atom. The number of benzene rings is 7. The minimum absolute atomic E-state index is 0.235. The van der Waals surface area contributed by atoms with E-state index in [9.17, 15) is 0 Å². The monoisotopic (exact) mass is 778 g/mol. The second-order valence-corrected chi connectivity index (χ2v) is 19.1. The van der Waals surface area contributed by atoms with Gasteiger partial charge in [-0.3, -0.25) is 0 Å². The average molecular weight is 779 g/mol. The summed E-state index contributed by atoms with van der Waals surface area (Å²) in [7, 11) is 0. The van der Waals surface area contributed by atoms with Gasteiger partial charge in [-0.25, -0.2) is 0 Å². The maximum absolute atomic E-state index is 2.53. The third-order valence-corrected chi connectivity index (χ3v) is 15.4. The Morgan fingerprint density at radius 2 is 1.20 bits per heavy atom. The van der Waals surface area contributed by atoms with Gasteiger partial charge in [0.15, 0.2) is 0 Å². The second-order valence-electron chi connectivity index (χ2n) is 19.1. The maximum atomic E-state index is 2.53. The first-order valence-corrected chi connectivity index (χ1v) is 22.9. The molecule has 8 aromatic rings. The maximum Gasteiger partial charge on any atom is 0.0544 e. The zero-order valence-electron chi connectivity index (χ0n) is 35.1. The molecule has 0 saturated heterocycles. The van der Waals surface area contributed by atoms with Crippen molar-refractivity contribution in [2.24, 2.45) is 11.8 Å². The van der Waals surface area contributed by atoms with Crippen LogP contribution in [0.5, 0.6) is 0 Å². The van der Waals surface area contributed by atoms with Crippen LogP contribution in [0, 0.1) is 11.8 Å². The van der Waals surface area contributed by atoms with Gasteiger partial charge in [0.05, 0.1) is 11.0 Å². The zero-order valence-corrected chi connectivity index (χ0v) is 35.1. The van der Waals surface area contributed by atoms with Crippen molar-refractivity contribution in [3.05, 3.63) is 180 Å². The predicted molar refractivity (Wildman–Crippen MR) is 252 cm³/mol. The Kier molecular flexibility index (Phi) is 8.48. The van der Waals surface area contributed by atoms with Gasteiger partial charge >= 0.3 is 0 Å². The molecular formula is C58H54N2. The predicted octanol–water partition coefficient (Wildman–Crippen LogP) is 16.2. The molecule has 12 rings (SSSR count). The van der Waals surface area contributed by atoms with E-state index < -0.39 is 0 Å². The van der Waals surface area contributed by atoms with Crippen LogP contribution in [-0.2, 0) is 5.41 Å². The molecule has 3 saturated carbocycles. The molecule has 1 heterocycles. The van der Waals surface area contributed by atoms with Crippen molar-refractivity contribution in [3.63, 3.8) is 0 Å². The van der Waals surface area contributed by atoms with Gasteiger partial charge in [-0.1, -0.05) is 131 Å². The standard InChI is InChI=1S/C58H54N2/c1-58(2)53-37-48(59(46-25-20-41(21-26-46)39-12-6-3-7-13-39)47-27-22-42(23-28-47)51-35-38-18-19-44(51)34-38)29-30-49(53)50-31-33-55-56(57(50)58)52-36-43(40-14-8-4-9-15-40)24-32-54(52)60(55)45-16-10-5-11-17-45/h4-5,8-11,14-17,20-33,36-39,44,51H,3,6-7,12-13,18-19,34-35H2,1-2H3. The molecule has 1 aromatic heterocycles. The highest BCUT2D eigenvalue weighted by Gasteiger charge is 2.41. The molecule has 0 radical (unpaired) electrons. The summed E-state index contributed by atoms with van der Waals surface area (Å²) in [5.74, 6) is 3.24. The van der Waals surface area contributed by atoms with Crippen molar-refractivity contribution in [1.29, 1.82) is 0 Å². The molecule has 60 heavy (non-hydrogen) atoms. The molecule has 0 aliphatic heterocycles. The Labute approximate surface area is 355 Å². The van der Waals surface area contributed by atoms with Crippen LogP contribution in [0.15, 0.2) is 158 Å². The van der Waals surface area contributed by atoms with Crippen molar-refractivity contribution < 1.29 is 0 Å². The van der Waals surface area contributed by atoms with E-state index in [1.165, 1.54) is 147 Å². The lowest BCUT2D eigenvalue weighted by atomic mass is 9.80. The van der Waals surface area contributed by atoms with Crippen LogP contribution < -0.4 is 4.90 Å². The highest BCUT2D eigenvalue weighted by atomic mass is 15.1. The van der Waals surface area contributed by atoms with E-state index in [1.807, 2.05) is 0 Å². The van der Waals surface area contributed by atoms with Crippen molar-refractivity contribution in [3.8, 4) is 27.9 Å². The van der Waals surface area contributed by atoms with Crippen LogP contribution in [0.1, 0.15) is 106 Å². The number of hydrogen-bond donors (Lipinski definition) is 0. The molecule has 2 heteroatoms. The van der Waals surface area contributed by atoms with Gasteiger partial charge in [-0.05, 0) is 167 Å². The Bertz CT molecular complexity index is 2880. The van der Waals surface area contributed by atoms with Gasteiger partial charge in [0, 0.05) is 38.9 Å². The lowest BCUT2D eigenvalue weighted by Gasteiger charge is -2.29. The lowest BCUT2D eigenvalue weighted by Crippen LogP contribution is -2.17. The van der Waals surface area contributed by atoms with Crippen LogP contribution in [0.4, 0.5) is 17.1 Å². The highest BCUT2D eigenvalue weighted by molar-refractivity contribution is 6.15. The molecule has 2 bridgehead atoms. The third-order valence-electron chi connectivity index (χ3n) is 15.4. The SMILES string of the molecule is CC1(C)c2cc(N(c3ccc(C4CCCCC4)cc3)c3ccc(C4CC5CCC4C5)cc3)ccc2-c2ccc3c(c21)c1cc(-c2ccccc2)ccc1n3-c1ccccc1. The smallest absolute Gasteiger partial charge is 0.0544 e. The first-order chi connectivity index (χ1) is 29.5. The minimum atomic E-state index is -0.235. The summed E-state index contributed by atoms with van der Waals surface area (Å²) in [5.41, 5.74) is 18.2. The normalized spacial score (nSPS) is 20.5. The topological polar surface area (TPSA) is 8.17 Å². The first kappa shape index (κ1) is 36.0. The van der Waals surface area contributed by atoms with Crippen molar-refractivity contribution in [2.45, 2.75) is 88.9 Å². The summed E-state index contributed by atoms with van der Waals surface area (Å²) in [6.45, 7) is 4.92. The molecule has 0 amide bonds. The van der Waals surface area contributed by atoms with Gasteiger partial charge in [0.1, 0.15) is 0 Å². The summed E-state index contributed by atoms with van der Waals surface area (Å²) >= 11 is 0. The summed E-state index contributed by atoms with van der Waals surface area (Å²) in [6, 6.07) is 60.3. The van der Waals surface area contributed by atoms with E-state index in [0.717, 1.165) is 17.8 Å². The highest BCUT2D eigenvalue weighted by Crippen LogP contribution is 2.56. The molecule has 296 valence electrons. The fourth-order valence-electron chi connectivity index (χ4n) is 12.5. The fourth-order valence-corrected chi connectivity index (χ4v) is 12.5. The average Bonchev–Trinajstić information content (AvgIpc) is 4.08. The van der Waals surface area contributed by atoms with Crippen LogP contribution in [0.2, 0.25) is 0 Å². The number of hydrogen-bond acceptors (Lipinski definition) is 1. The molecule has 7 aromatic carbocycles. The third kappa shape index (κ3) is 5.74. The largest absolute Gasteiger partial charge is 0.310 e. The minimum Gasteiger partial charge on any atom is -0.310 e. The Hall–Kier alpha value is -5.86. The molecule has 3 fully saturated rings. The van der Waals surface area contributed by atoms with E-state index in [-0.39, 0.29) is 5.41 Å². The molecule has 4 aliphatic rings. The van der Waals surface area contributed by atoms with E-state index in [0.29, 0.717) is 5.92 Å². The van der Waals surface area contributed by atoms with Crippen LogP contribution >= 0.6 is 0 Å². The quantitative estimate of drug-likeness (QED) is 0.156. The zero-order chi connectivity index (χ0) is 40.0. The van der Waals surface area contributed by atoms with Crippen LogP contribution in [-0.4, -0.2) is 4.57 Å². The van der Waals surface area contributed by atoms with Gasteiger partial charge in [0.25, 0.3) is 0 Å². The van der Waals surface area contributed by atoms with Crippen molar-refractivity contribution >= 4 is 38.9 Å². The molecule has 3 atom stereocenters. The van der Waals surface area contributed by atoms with Gasteiger partial charge in [-0.2, -0.15) is 0 Å². The van der Waals surface area contributed by atoms with Crippen molar-refractivity contribution in [2.75, 3.05) is 4.90 Å². The summed E-state index contributed by atoms with van der Waals surface area (Å²) in [6.07, 6.45) is 12.4. The van der Waals surface area contributed by atoms with E-state index in [1.54, 1.807) is 0 Å². The van der Waals surface area contributed by atoms with Gasteiger partial charge in [-0.15, -0.1) is 0 Å². The van der Waals surface area contributed by atoms with Crippen molar-refractivity contribution in [1.82, 2.24) is 4.57 Å². The Balaban J connectivity index is 0.999. The summed E-state index contributed by atoms with van der Waals surface area (Å²) in [5, 5.41) is 2.67. The molecular weight excluding hydrogens is 725 g/mol. The second kappa shape index (κ2) is 14.1. The number of rotatable bonds is 7. The van der Waals surface area contributed by atoms with Gasteiger partial charge < -0.3 is 9.47 Å². The number of anilines is 3. The van der Waals surface area contributed by atoms with E-state index >= 15 is 0 Å². The number of nitrogens with zero attached hydrogens (tertiary/aromatic N) is 2. The molecule has 0 N–H and O–H groups in total. The van der Waals surface area contributed by atoms with Gasteiger partial charge in [0.2, 0.25) is 0 Å². The van der Waals surface area contributed by atoms with E-state index in [2.05, 4.69) is 181 Å².